The van der Waals surface area contributed by atoms with Gasteiger partial charge in [-0.2, -0.15) is 0 Å². The van der Waals surface area contributed by atoms with E-state index in [1.165, 1.54) is 0 Å². The summed E-state index contributed by atoms with van der Waals surface area (Å²) in [5.74, 6) is -0.845. The maximum atomic E-state index is 12.8. The summed E-state index contributed by atoms with van der Waals surface area (Å²) in [6.07, 6.45) is 0.421. The highest BCUT2D eigenvalue weighted by atomic mass is 16.5. The summed E-state index contributed by atoms with van der Waals surface area (Å²) < 4.78 is 10.7. The van der Waals surface area contributed by atoms with Crippen LogP contribution in [0.1, 0.15) is 16.9 Å². The van der Waals surface area contributed by atoms with Gasteiger partial charge in [-0.05, 0) is 6.42 Å². The molecule has 0 bridgehead atoms. The van der Waals surface area contributed by atoms with Crippen LogP contribution in [0.4, 0.5) is 0 Å². The quantitative estimate of drug-likeness (QED) is 0.916. The zero-order valence-electron chi connectivity index (χ0n) is 13.6. The van der Waals surface area contributed by atoms with Crippen LogP contribution in [0.25, 0.3) is 11.3 Å². The van der Waals surface area contributed by atoms with Crippen molar-refractivity contribution in [1.82, 2.24) is 10.1 Å². The van der Waals surface area contributed by atoms with Gasteiger partial charge in [0.2, 0.25) is 0 Å². The number of rotatable bonds is 3. The number of hydrogen-bond donors (Lipinski definition) is 1. The summed E-state index contributed by atoms with van der Waals surface area (Å²) in [4.78, 5) is 26.1. The number of benzene rings is 1. The first-order valence-corrected chi connectivity index (χ1v) is 8.23. The van der Waals surface area contributed by atoms with Crippen molar-refractivity contribution < 1.29 is 24.0 Å². The first kappa shape index (κ1) is 15.8. The average Bonchev–Trinajstić information content (AvgIpc) is 3.27. The van der Waals surface area contributed by atoms with Gasteiger partial charge < -0.3 is 19.3 Å². The number of carboxylic acid groups (broad SMARTS) is 1. The normalized spacial score (nSPS) is 25.6. The molecule has 0 spiro atoms. The van der Waals surface area contributed by atoms with Crippen LogP contribution >= 0.6 is 0 Å². The van der Waals surface area contributed by atoms with Crippen LogP contribution in [0.3, 0.4) is 0 Å². The molecular formula is C18H18N2O5. The van der Waals surface area contributed by atoms with E-state index in [9.17, 15) is 14.7 Å². The predicted octanol–water partition coefficient (Wildman–Crippen LogP) is 1.90. The molecule has 1 amide bonds. The van der Waals surface area contributed by atoms with E-state index in [2.05, 4.69) is 5.16 Å². The van der Waals surface area contributed by atoms with Crippen molar-refractivity contribution in [2.45, 2.75) is 6.42 Å². The van der Waals surface area contributed by atoms with E-state index in [0.717, 1.165) is 5.56 Å². The topological polar surface area (TPSA) is 92.9 Å². The van der Waals surface area contributed by atoms with Gasteiger partial charge in [-0.25, -0.2) is 0 Å². The van der Waals surface area contributed by atoms with E-state index in [1.54, 1.807) is 11.0 Å². The summed E-state index contributed by atoms with van der Waals surface area (Å²) >= 11 is 0. The number of nitrogens with zero attached hydrogens (tertiary/aromatic N) is 2. The Labute approximate surface area is 144 Å². The fraction of sp³-hybridized carbons (Fsp3) is 0.389. The molecule has 1 N–H and O–H groups in total. The second kappa shape index (κ2) is 6.00. The number of fused-ring (bicyclic) bond motifs is 1. The van der Waals surface area contributed by atoms with Crippen molar-refractivity contribution in [1.29, 1.82) is 0 Å². The molecule has 1 aromatic carbocycles. The number of likely N-dealkylation sites (tertiary alicyclic amines) is 1. The van der Waals surface area contributed by atoms with Crippen LogP contribution < -0.4 is 0 Å². The van der Waals surface area contributed by atoms with Crippen LogP contribution in [0.15, 0.2) is 40.9 Å². The molecular weight excluding hydrogens is 324 g/mol. The zero-order valence-corrected chi connectivity index (χ0v) is 13.6. The van der Waals surface area contributed by atoms with Crippen molar-refractivity contribution in [2.24, 2.45) is 11.3 Å². The minimum absolute atomic E-state index is 0.183. The molecule has 0 unspecified atom stereocenters. The number of aliphatic carboxylic acids is 1. The third kappa shape index (κ3) is 2.60. The monoisotopic (exact) mass is 342 g/mol. The molecule has 7 nitrogen and oxygen atoms in total. The molecule has 0 radical (unpaired) electrons. The molecule has 2 atom stereocenters. The molecule has 2 saturated heterocycles. The third-order valence-electron chi connectivity index (χ3n) is 5.21. The van der Waals surface area contributed by atoms with Gasteiger partial charge in [-0.1, -0.05) is 35.5 Å². The maximum Gasteiger partial charge on any atom is 0.311 e. The summed E-state index contributed by atoms with van der Waals surface area (Å²) in [6.45, 7) is 1.32. The Balaban J connectivity index is 1.56. The molecule has 3 heterocycles. The van der Waals surface area contributed by atoms with Crippen LogP contribution in [-0.2, 0) is 9.53 Å². The molecule has 2 aliphatic heterocycles. The third-order valence-corrected chi connectivity index (χ3v) is 5.21. The van der Waals surface area contributed by atoms with Crippen LogP contribution in [0.5, 0.6) is 0 Å². The Morgan fingerprint density at radius 2 is 2.08 bits per heavy atom. The predicted molar refractivity (Wildman–Crippen MR) is 86.8 cm³/mol. The second-order valence-corrected chi connectivity index (χ2v) is 6.61. The molecule has 4 rings (SSSR count). The van der Waals surface area contributed by atoms with Gasteiger partial charge >= 0.3 is 5.97 Å². The highest BCUT2D eigenvalue weighted by Gasteiger charge is 2.55. The van der Waals surface area contributed by atoms with Gasteiger partial charge in [0.15, 0.2) is 11.5 Å². The first-order valence-electron chi connectivity index (χ1n) is 8.23. The Morgan fingerprint density at radius 1 is 1.28 bits per heavy atom. The van der Waals surface area contributed by atoms with E-state index in [1.807, 2.05) is 30.3 Å². The average molecular weight is 342 g/mol. The van der Waals surface area contributed by atoms with Gasteiger partial charge in [0.25, 0.3) is 5.91 Å². The minimum atomic E-state index is -0.917. The number of ether oxygens (including phenoxy) is 1. The Bertz CT molecular complexity index is 803. The van der Waals surface area contributed by atoms with Gasteiger partial charge in [0.1, 0.15) is 0 Å². The van der Waals surface area contributed by atoms with E-state index < -0.39 is 11.4 Å². The van der Waals surface area contributed by atoms with Crippen LogP contribution in [0.2, 0.25) is 0 Å². The van der Waals surface area contributed by atoms with E-state index in [4.69, 9.17) is 9.26 Å². The molecule has 0 saturated carbocycles. The summed E-state index contributed by atoms with van der Waals surface area (Å²) in [7, 11) is 0. The van der Waals surface area contributed by atoms with Crippen LogP contribution in [0, 0.1) is 11.3 Å². The molecule has 2 aromatic rings. The lowest BCUT2D eigenvalue weighted by Gasteiger charge is -2.33. The molecule has 25 heavy (non-hydrogen) atoms. The number of carbonyl (C=O) groups is 2. The second-order valence-electron chi connectivity index (χ2n) is 6.61. The van der Waals surface area contributed by atoms with Crippen molar-refractivity contribution >= 4 is 11.9 Å². The highest BCUT2D eigenvalue weighted by Crippen LogP contribution is 2.42. The number of hydrogen-bond acceptors (Lipinski definition) is 5. The summed E-state index contributed by atoms with van der Waals surface area (Å²) in [5.41, 5.74) is 0.110. The lowest BCUT2D eigenvalue weighted by molar-refractivity contribution is -0.157. The number of amides is 1. The molecule has 1 aromatic heterocycles. The number of carboxylic acids is 1. The van der Waals surface area contributed by atoms with Crippen molar-refractivity contribution in [3.8, 4) is 11.3 Å². The smallest absolute Gasteiger partial charge is 0.311 e. The zero-order chi connectivity index (χ0) is 17.4. The van der Waals surface area contributed by atoms with Gasteiger partial charge in [-0.3, -0.25) is 9.59 Å². The molecule has 7 heteroatoms. The minimum Gasteiger partial charge on any atom is -0.481 e. The Hall–Kier alpha value is -2.67. The molecule has 0 aliphatic carbocycles. The summed E-state index contributed by atoms with van der Waals surface area (Å²) in [6, 6.07) is 11.0. The van der Waals surface area contributed by atoms with Crippen molar-refractivity contribution in [3.05, 3.63) is 42.1 Å². The van der Waals surface area contributed by atoms with E-state index in [-0.39, 0.29) is 24.1 Å². The van der Waals surface area contributed by atoms with Gasteiger partial charge in [0.05, 0.1) is 12.0 Å². The number of carbonyl (C=O) groups excluding carboxylic acids is 1. The standard InChI is InChI=1S/C18H18N2O5/c21-16(14-8-15(25-19-14)12-4-2-1-3-5-12)20-9-13-10-24-7-6-18(13,11-20)17(22)23/h1-5,8,13H,6-7,9-11H2,(H,22,23)/t13-,18+/m0/s1. The van der Waals surface area contributed by atoms with E-state index in [0.29, 0.717) is 31.9 Å². The fourth-order valence-corrected chi connectivity index (χ4v) is 3.73. The van der Waals surface area contributed by atoms with Crippen molar-refractivity contribution in [3.63, 3.8) is 0 Å². The van der Waals surface area contributed by atoms with Crippen LogP contribution in [-0.4, -0.2) is 53.3 Å². The Kier molecular flexibility index (Phi) is 3.80. The van der Waals surface area contributed by atoms with Gasteiger partial charge in [-0.15, -0.1) is 0 Å². The largest absolute Gasteiger partial charge is 0.481 e. The van der Waals surface area contributed by atoms with Crippen molar-refractivity contribution in [2.75, 3.05) is 26.3 Å². The lowest BCUT2D eigenvalue weighted by Crippen LogP contribution is -2.45. The van der Waals surface area contributed by atoms with E-state index >= 15 is 0 Å². The fourth-order valence-electron chi connectivity index (χ4n) is 3.73. The van der Waals surface area contributed by atoms with Gasteiger partial charge in [0, 0.05) is 37.2 Å². The summed E-state index contributed by atoms with van der Waals surface area (Å²) in [5, 5.41) is 13.6. The lowest BCUT2D eigenvalue weighted by atomic mass is 9.74. The maximum absolute atomic E-state index is 12.8. The molecule has 2 fully saturated rings. The highest BCUT2D eigenvalue weighted by molar-refractivity contribution is 5.94. The molecule has 2 aliphatic rings. The Morgan fingerprint density at radius 3 is 2.80 bits per heavy atom. The SMILES string of the molecule is O=C(c1cc(-c2ccccc2)on1)N1C[C@H]2COCC[C@@]2(C(=O)O)C1. The number of aromatic nitrogens is 1. The first-order chi connectivity index (χ1) is 12.1. The molecule has 130 valence electrons.